The number of hydrazine groups is 1. The number of rotatable bonds is 5. The average Bonchev–Trinajstić information content (AvgIpc) is 2.70. The molecule has 6 nitrogen and oxygen atoms in total. The first-order valence-electron chi connectivity index (χ1n) is 8.62. The van der Waals surface area contributed by atoms with Gasteiger partial charge in [-0.05, 0) is 41.5 Å². The molecule has 27 heavy (non-hydrogen) atoms. The fourth-order valence-electron chi connectivity index (χ4n) is 2.66. The Morgan fingerprint density at radius 2 is 1.59 bits per heavy atom. The zero-order valence-electron chi connectivity index (χ0n) is 14.8. The zero-order valence-corrected chi connectivity index (χ0v) is 14.8. The van der Waals surface area contributed by atoms with Gasteiger partial charge in [0.25, 0.3) is 11.8 Å². The number of amides is 2. The Kier molecular flexibility index (Phi) is 5.56. The minimum absolute atomic E-state index is 0.0750. The van der Waals surface area contributed by atoms with Gasteiger partial charge < -0.3 is 9.84 Å². The van der Waals surface area contributed by atoms with Crippen molar-refractivity contribution in [2.24, 2.45) is 0 Å². The van der Waals surface area contributed by atoms with Crippen LogP contribution in [-0.2, 0) is 4.79 Å². The third-order valence-electron chi connectivity index (χ3n) is 4.09. The van der Waals surface area contributed by atoms with Crippen molar-refractivity contribution in [1.82, 2.24) is 10.9 Å². The number of hydrogen-bond acceptors (Lipinski definition) is 4. The molecule has 0 saturated heterocycles. The lowest BCUT2D eigenvalue weighted by molar-refractivity contribution is -0.128. The van der Waals surface area contributed by atoms with E-state index in [0.717, 1.165) is 10.8 Å². The van der Waals surface area contributed by atoms with Crippen LogP contribution in [0.1, 0.15) is 23.7 Å². The van der Waals surface area contributed by atoms with Crippen LogP contribution in [0.15, 0.2) is 66.7 Å². The molecule has 0 spiro atoms. The molecule has 0 aliphatic heterocycles. The third-order valence-corrected chi connectivity index (χ3v) is 4.09. The predicted molar refractivity (Wildman–Crippen MR) is 102 cm³/mol. The number of phenols is 1. The summed E-state index contributed by atoms with van der Waals surface area (Å²) in [4.78, 5) is 24.7. The van der Waals surface area contributed by atoms with Crippen molar-refractivity contribution in [2.75, 3.05) is 0 Å². The van der Waals surface area contributed by atoms with Gasteiger partial charge in [0.2, 0.25) is 0 Å². The summed E-state index contributed by atoms with van der Waals surface area (Å²) in [5.41, 5.74) is 4.75. The van der Waals surface area contributed by atoms with Crippen molar-refractivity contribution in [1.29, 1.82) is 0 Å². The lowest BCUT2D eigenvalue weighted by Gasteiger charge is -2.17. The maximum absolute atomic E-state index is 12.4. The highest BCUT2D eigenvalue weighted by molar-refractivity contribution is 6.02. The van der Waals surface area contributed by atoms with Crippen LogP contribution in [0.5, 0.6) is 11.5 Å². The van der Waals surface area contributed by atoms with E-state index in [-0.39, 0.29) is 11.3 Å². The average molecular weight is 364 g/mol. The maximum Gasteiger partial charge on any atom is 0.279 e. The molecule has 0 fully saturated rings. The summed E-state index contributed by atoms with van der Waals surface area (Å²) < 4.78 is 5.63. The Morgan fingerprint density at radius 3 is 2.26 bits per heavy atom. The first-order valence-corrected chi connectivity index (χ1v) is 8.62. The molecular weight excluding hydrogens is 344 g/mol. The molecule has 0 radical (unpaired) electrons. The lowest BCUT2D eigenvalue weighted by Crippen LogP contribution is -2.48. The second-order valence-corrected chi connectivity index (χ2v) is 5.99. The van der Waals surface area contributed by atoms with E-state index in [9.17, 15) is 14.7 Å². The van der Waals surface area contributed by atoms with Crippen molar-refractivity contribution >= 4 is 22.6 Å². The van der Waals surface area contributed by atoms with Crippen LogP contribution in [0.3, 0.4) is 0 Å². The molecule has 3 N–H and O–H groups in total. The number of benzene rings is 3. The summed E-state index contributed by atoms with van der Waals surface area (Å²) in [6.45, 7) is 1.81. The van der Waals surface area contributed by atoms with Crippen LogP contribution >= 0.6 is 0 Å². The Labute approximate surface area is 156 Å². The quantitative estimate of drug-likeness (QED) is 0.607. The van der Waals surface area contributed by atoms with Crippen LogP contribution < -0.4 is 15.6 Å². The number of ether oxygens (including phenoxy) is 1. The van der Waals surface area contributed by atoms with Gasteiger partial charge in [0, 0.05) is 0 Å². The molecule has 0 saturated carbocycles. The zero-order chi connectivity index (χ0) is 19.2. The highest BCUT2D eigenvalue weighted by Gasteiger charge is 2.20. The number of aromatic hydroxyl groups is 1. The number of phenolic OH excluding ortho intramolecular Hbond substituents is 1. The van der Waals surface area contributed by atoms with Crippen molar-refractivity contribution in [2.45, 2.75) is 19.4 Å². The molecular formula is C21H20N2O4. The number of carbonyl (C=O) groups is 2. The van der Waals surface area contributed by atoms with Gasteiger partial charge >= 0.3 is 0 Å². The standard InChI is InChI=1S/C21H20N2O4/c1-2-19(27-16-10-4-3-5-11-16)21(26)23-22-20(25)17-12-14-8-6-7-9-15(14)13-18(17)24/h3-13,19,24H,2H2,1H3,(H,22,25)(H,23,26)/t19-/m1/s1. The fraction of sp³-hybridized carbons (Fsp3) is 0.143. The summed E-state index contributed by atoms with van der Waals surface area (Å²) in [5.74, 6) is -0.679. The maximum atomic E-state index is 12.4. The van der Waals surface area contributed by atoms with Gasteiger partial charge in [0.05, 0.1) is 5.56 Å². The number of hydrogen-bond donors (Lipinski definition) is 3. The molecule has 2 amide bonds. The Balaban J connectivity index is 1.65. The second-order valence-electron chi connectivity index (χ2n) is 5.99. The van der Waals surface area contributed by atoms with E-state index in [1.165, 1.54) is 6.07 Å². The van der Waals surface area contributed by atoms with Gasteiger partial charge in [-0.25, -0.2) is 0 Å². The van der Waals surface area contributed by atoms with E-state index in [2.05, 4.69) is 10.9 Å². The van der Waals surface area contributed by atoms with Gasteiger partial charge in [-0.3, -0.25) is 20.4 Å². The molecule has 6 heteroatoms. The normalized spacial score (nSPS) is 11.6. The van der Waals surface area contributed by atoms with Gasteiger partial charge in [0.1, 0.15) is 11.5 Å². The molecule has 0 heterocycles. The lowest BCUT2D eigenvalue weighted by atomic mass is 10.1. The summed E-state index contributed by atoms with van der Waals surface area (Å²) in [5, 5.41) is 11.7. The SMILES string of the molecule is CC[C@@H](Oc1ccccc1)C(=O)NNC(=O)c1cc2ccccc2cc1O. The van der Waals surface area contributed by atoms with Crippen LogP contribution in [0, 0.1) is 0 Å². The van der Waals surface area contributed by atoms with Crippen LogP contribution in [0.4, 0.5) is 0 Å². The molecule has 0 aliphatic rings. The first-order chi connectivity index (χ1) is 13.1. The number of fused-ring (bicyclic) bond motifs is 1. The van der Waals surface area contributed by atoms with E-state index in [1.54, 1.807) is 18.2 Å². The molecule has 138 valence electrons. The minimum Gasteiger partial charge on any atom is -0.507 e. The molecule has 0 aliphatic carbocycles. The molecule has 0 unspecified atom stereocenters. The van der Waals surface area contributed by atoms with Crippen molar-refractivity contribution in [3.63, 3.8) is 0 Å². The highest BCUT2D eigenvalue weighted by Crippen LogP contribution is 2.24. The van der Waals surface area contributed by atoms with E-state index in [1.807, 2.05) is 49.4 Å². The highest BCUT2D eigenvalue weighted by atomic mass is 16.5. The summed E-state index contributed by atoms with van der Waals surface area (Å²) in [6, 6.07) is 19.4. The van der Waals surface area contributed by atoms with E-state index in [4.69, 9.17) is 4.74 Å². The minimum atomic E-state index is -0.752. The Morgan fingerprint density at radius 1 is 0.963 bits per heavy atom. The molecule has 0 bridgehead atoms. The van der Waals surface area contributed by atoms with Crippen molar-refractivity contribution in [3.05, 3.63) is 72.3 Å². The molecule has 3 aromatic rings. The fourth-order valence-corrected chi connectivity index (χ4v) is 2.66. The molecule has 3 aromatic carbocycles. The van der Waals surface area contributed by atoms with Crippen LogP contribution in [0.2, 0.25) is 0 Å². The second kappa shape index (κ2) is 8.23. The van der Waals surface area contributed by atoms with E-state index < -0.39 is 17.9 Å². The van der Waals surface area contributed by atoms with Gasteiger partial charge in [-0.2, -0.15) is 0 Å². The summed E-state index contributed by atoms with van der Waals surface area (Å²) in [6.07, 6.45) is -0.324. The van der Waals surface area contributed by atoms with Gasteiger partial charge in [-0.15, -0.1) is 0 Å². The smallest absolute Gasteiger partial charge is 0.279 e. The summed E-state index contributed by atoms with van der Waals surface area (Å²) >= 11 is 0. The predicted octanol–water partition coefficient (Wildman–Crippen LogP) is 3.16. The first kappa shape index (κ1) is 18.3. The number of nitrogens with one attached hydrogen (secondary N) is 2. The van der Waals surface area contributed by atoms with Crippen molar-refractivity contribution in [3.8, 4) is 11.5 Å². The molecule has 3 rings (SSSR count). The Bertz CT molecular complexity index is 957. The third kappa shape index (κ3) is 4.36. The monoisotopic (exact) mass is 364 g/mol. The molecule has 0 aromatic heterocycles. The van der Waals surface area contributed by atoms with E-state index >= 15 is 0 Å². The Hall–Kier alpha value is -3.54. The topological polar surface area (TPSA) is 87.7 Å². The molecule has 1 atom stereocenters. The summed E-state index contributed by atoms with van der Waals surface area (Å²) in [7, 11) is 0. The van der Waals surface area contributed by atoms with E-state index in [0.29, 0.717) is 12.2 Å². The largest absolute Gasteiger partial charge is 0.507 e. The van der Waals surface area contributed by atoms with Crippen molar-refractivity contribution < 1.29 is 19.4 Å². The number of para-hydroxylation sites is 1. The van der Waals surface area contributed by atoms with Gasteiger partial charge in [-0.1, -0.05) is 49.4 Å². The number of carbonyl (C=O) groups excluding carboxylic acids is 2. The van der Waals surface area contributed by atoms with Crippen LogP contribution in [0.25, 0.3) is 10.8 Å². The van der Waals surface area contributed by atoms with Gasteiger partial charge in [0.15, 0.2) is 6.10 Å². The van der Waals surface area contributed by atoms with Crippen LogP contribution in [-0.4, -0.2) is 23.0 Å².